The molecule has 1 fully saturated rings. The van der Waals surface area contributed by atoms with Crippen LogP contribution in [0.3, 0.4) is 0 Å². The Kier molecular flexibility index (Phi) is 5.86. The molecule has 1 aliphatic heterocycles. The van der Waals surface area contributed by atoms with Gasteiger partial charge in [-0.15, -0.1) is 0 Å². The molecule has 1 saturated heterocycles. The third-order valence-electron chi connectivity index (χ3n) is 4.38. The summed E-state index contributed by atoms with van der Waals surface area (Å²) in [5.74, 6) is 0.710. The Labute approximate surface area is 153 Å². The summed E-state index contributed by atoms with van der Waals surface area (Å²) in [5.41, 5.74) is 2.46. The molecule has 0 radical (unpaired) electrons. The normalized spacial score (nSPS) is 15.0. The molecule has 26 heavy (non-hydrogen) atoms. The Morgan fingerprint density at radius 1 is 1.12 bits per heavy atom. The predicted molar refractivity (Wildman–Crippen MR) is 100 cm³/mol. The first-order valence-electron chi connectivity index (χ1n) is 8.67. The minimum atomic E-state index is -0.147. The number of anilines is 1. The fourth-order valence-electron chi connectivity index (χ4n) is 2.87. The lowest BCUT2D eigenvalue weighted by atomic mass is 10.1. The van der Waals surface area contributed by atoms with Gasteiger partial charge < -0.3 is 15.4 Å². The van der Waals surface area contributed by atoms with Crippen molar-refractivity contribution in [2.24, 2.45) is 0 Å². The van der Waals surface area contributed by atoms with Gasteiger partial charge in [0.25, 0.3) is 5.91 Å². The van der Waals surface area contributed by atoms with Gasteiger partial charge in [-0.25, -0.2) is 0 Å². The van der Waals surface area contributed by atoms with Gasteiger partial charge in [0, 0.05) is 43.9 Å². The molecule has 1 aliphatic rings. The van der Waals surface area contributed by atoms with E-state index in [0.717, 1.165) is 36.6 Å². The molecule has 1 heterocycles. The van der Waals surface area contributed by atoms with Crippen LogP contribution in [0.25, 0.3) is 0 Å². The van der Waals surface area contributed by atoms with Gasteiger partial charge in [0.1, 0.15) is 5.75 Å². The van der Waals surface area contributed by atoms with Crippen molar-refractivity contribution in [3.8, 4) is 5.75 Å². The SMILES string of the molecule is COc1ccc(NC(=O)c2ccc(CN3CCNC(=O)CC3)cc2)cc1. The van der Waals surface area contributed by atoms with Crippen molar-refractivity contribution in [2.75, 3.05) is 32.1 Å². The average Bonchev–Trinajstić information content (AvgIpc) is 2.87. The third-order valence-corrected chi connectivity index (χ3v) is 4.38. The predicted octanol–water partition coefficient (Wildman–Crippen LogP) is 2.27. The van der Waals surface area contributed by atoms with Crippen LogP contribution in [0.2, 0.25) is 0 Å². The number of rotatable bonds is 5. The lowest BCUT2D eigenvalue weighted by Crippen LogP contribution is -2.28. The lowest BCUT2D eigenvalue weighted by molar-refractivity contribution is -0.120. The summed E-state index contributed by atoms with van der Waals surface area (Å²) in [6.45, 7) is 3.05. The molecule has 6 nitrogen and oxygen atoms in total. The number of methoxy groups -OCH3 is 1. The van der Waals surface area contributed by atoms with Gasteiger partial charge in [0.2, 0.25) is 5.91 Å². The van der Waals surface area contributed by atoms with Crippen molar-refractivity contribution in [2.45, 2.75) is 13.0 Å². The molecule has 0 aromatic heterocycles. The first kappa shape index (κ1) is 17.9. The monoisotopic (exact) mass is 353 g/mol. The van der Waals surface area contributed by atoms with Gasteiger partial charge >= 0.3 is 0 Å². The average molecular weight is 353 g/mol. The fourth-order valence-corrected chi connectivity index (χ4v) is 2.87. The molecule has 0 aliphatic carbocycles. The van der Waals surface area contributed by atoms with Crippen molar-refractivity contribution in [1.82, 2.24) is 10.2 Å². The second-order valence-corrected chi connectivity index (χ2v) is 6.26. The number of nitrogens with zero attached hydrogens (tertiary/aromatic N) is 1. The number of hydrogen-bond acceptors (Lipinski definition) is 4. The van der Waals surface area contributed by atoms with Gasteiger partial charge in [-0.1, -0.05) is 12.1 Å². The van der Waals surface area contributed by atoms with Crippen LogP contribution in [0, 0.1) is 0 Å². The van der Waals surface area contributed by atoms with Crippen molar-refractivity contribution >= 4 is 17.5 Å². The van der Waals surface area contributed by atoms with Crippen LogP contribution < -0.4 is 15.4 Å². The third kappa shape index (κ3) is 4.83. The van der Waals surface area contributed by atoms with Crippen LogP contribution in [-0.4, -0.2) is 43.5 Å². The second kappa shape index (κ2) is 8.49. The highest BCUT2D eigenvalue weighted by molar-refractivity contribution is 6.04. The molecular weight excluding hydrogens is 330 g/mol. The largest absolute Gasteiger partial charge is 0.497 e. The zero-order chi connectivity index (χ0) is 18.4. The number of benzene rings is 2. The van der Waals surface area contributed by atoms with Gasteiger partial charge in [-0.3, -0.25) is 14.5 Å². The molecule has 0 bridgehead atoms. The van der Waals surface area contributed by atoms with Gasteiger partial charge in [-0.05, 0) is 42.0 Å². The molecule has 0 spiro atoms. The topological polar surface area (TPSA) is 70.7 Å². The summed E-state index contributed by atoms with van der Waals surface area (Å²) in [4.78, 5) is 26.0. The van der Waals surface area contributed by atoms with Crippen molar-refractivity contribution in [3.05, 3.63) is 59.7 Å². The first-order chi connectivity index (χ1) is 12.6. The van der Waals surface area contributed by atoms with E-state index < -0.39 is 0 Å². The van der Waals surface area contributed by atoms with Crippen LogP contribution >= 0.6 is 0 Å². The summed E-state index contributed by atoms with van der Waals surface area (Å²) in [5, 5.41) is 5.75. The molecule has 3 rings (SSSR count). The number of carbonyl (C=O) groups is 2. The quantitative estimate of drug-likeness (QED) is 0.865. The highest BCUT2D eigenvalue weighted by Gasteiger charge is 2.14. The van der Waals surface area contributed by atoms with E-state index in [1.807, 2.05) is 24.3 Å². The Morgan fingerprint density at radius 3 is 2.54 bits per heavy atom. The van der Waals surface area contributed by atoms with Gasteiger partial charge in [-0.2, -0.15) is 0 Å². The van der Waals surface area contributed by atoms with E-state index in [1.165, 1.54) is 0 Å². The summed E-state index contributed by atoms with van der Waals surface area (Å²) >= 11 is 0. The van der Waals surface area contributed by atoms with E-state index in [4.69, 9.17) is 4.74 Å². The summed E-state index contributed by atoms with van der Waals surface area (Å²) in [6, 6.07) is 14.8. The maximum Gasteiger partial charge on any atom is 0.255 e. The maximum absolute atomic E-state index is 12.4. The summed E-state index contributed by atoms with van der Waals surface area (Å²) in [7, 11) is 1.61. The highest BCUT2D eigenvalue weighted by Crippen LogP contribution is 2.16. The van der Waals surface area contributed by atoms with Crippen LogP contribution in [-0.2, 0) is 11.3 Å². The van der Waals surface area contributed by atoms with E-state index >= 15 is 0 Å². The summed E-state index contributed by atoms with van der Waals surface area (Å²) in [6.07, 6.45) is 0.530. The van der Waals surface area contributed by atoms with Gasteiger partial charge in [0.15, 0.2) is 0 Å². The fraction of sp³-hybridized carbons (Fsp3) is 0.300. The lowest BCUT2D eigenvalue weighted by Gasteiger charge is -2.19. The van der Waals surface area contributed by atoms with E-state index in [2.05, 4.69) is 15.5 Å². The molecule has 0 unspecified atom stereocenters. The molecule has 136 valence electrons. The van der Waals surface area contributed by atoms with Crippen LogP contribution in [0.4, 0.5) is 5.69 Å². The van der Waals surface area contributed by atoms with Crippen molar-refractivity contribution < 1.29 is 14.3 Å². The highest BCUT2D eigenvalue weighted by atomic mass is 16.5. The van der Waals surface area contributed by atoms with Crippen LogP contribution in [0.5, 0.6) is 5.75 Å². The molecule has 0 atom stereocenters. The van der Waals surface area contributed by atoms with Gasteiger partial charge in [0.05, 0.1) is 7.11 Å². The smallest absolute Gasteiger partial charge is 0.255 e. The van der Waals surface area contributed by atoms with Crippen molar-refractivity contribution in [1.29, 1.82) is 0 Å². The molecule has 2 aromatic rings. The maximum atomic E-state index is 12.4. The van der Waals surface area contributed by atoms with E-state index in [0.29, 0.717) is 18.5 Å². The first-order valence-corrected chi connectivity index (χ1v) is 8.67. The summed E-state index contributed by atoms with van der Waals surface area (Å²) < 4.78 is 5.11. The Bertz CT molecular complexity index is 757. The minimum Gasteiger partial charge on any atom is -0.497 e. The number of carbonyl (C=O) groups excluding carboxylic acids is 2. The van der Waals surface area contributed by atoms with Crippen molar-refractivity contribution in [3.63, 3.8) is 0 Å². The Morgan fingerprint density at radius 2 is 1.85 bits per heavy atom. The minimum absolute atomic E-state index is 0.109. The van der Waals surface area contributed by atoms with E-state index in [1.54, 1.807) is 31.4 Å². The Hall–Kier alpha value is -2.86. The second-order valence-electron chi connectivity index (χ2n) is 6.26. The van der Waals surface area contributed by atoms with Crippen LogP contribution in [0.1, 0.15) is 22.3 Å². The molecule has 0 saturated carbocycles. The van der Waals surface area contributed by atoms with Crippen LogP contribution in [0.15, 0.2) is 48.5 Å². The number of ether oxygens (including phenoxy) is 1. The molecule has 2 aromatic carbocycles. The molecular formula is C20H23N3O3. The standard InChI is InChI=1S/C20H23N3O3/c1-26-18-8-6-17(7-9-18)22-20(25)16-4-2-15(3-5-16)14-23-12-10-19(24)21-11-13-23/h2-9H,10-14H2,1H3,(H,21,24)(H,22,25). The molecule has 2 amide bonds. The molecule has 6 heteroatoms. The number of hydrogen-bond donors (Lipinski definition) is 2. The number of amides is 2. The van der Waals surface area contributed by atoms with E-state index in [9.17, 15) is 9.59 Å². The Balaban J connectivity index is 1.57. The molecule has 2 N–H and O–H groups in total. The number of nitrogens with one attached hydrogen (secondary N) is 2. The zero-order valence-corrected chi connectivity index (χ0v) is 14.8. The zero-order valence-electron chi connectivity index (χ0n) is 14.8. The van der Waals surface area contributed by atoms with E-state index in [-0.39, 0.29) is 11.8 Å².